The molecule has 0 atom stereocenters. The highest BCUT2D eigenvalue weighted by molar-refractivity contribution is 6.18. The number of nitrogens with one attached hydrogen (secondary N) is 3. The number of guanidine groups is 1. The molecule has 32 heavy (non-hydrogen) atoms. The number of amidine groups is 1. The number of nitrogens with zero attached hydrogens (tertiary/aromatic N) is 3. The summed E-state index contributed by atoms with van der Waals surface area (Å²) in [5.41, 5.74) is 7.27. The summed E-state index contributed by atoms with van der Waals surface area (Å²) in [6, 6.07) is 12.4. The Hall–Kier alpha value is -3.72. The van der Waals surface area contributed by atoms with Gasteiger partial charge in [0.1, 0.15) is 23.2 Å². The van der Waals surface area contributed by atoms with Crippen molar-refractivity contribution < 1.29 is 8.78 Å². The Labute approximate surface area is 185 Å². The smallest absolute Gasteiger partial charge is 0.210 e. The van der Waals surface area contributed by atoms with E-state index < -0.39 is 0 Å². The molecule has 0 saturated carbocycles. The maximum absolute atomic E-state index is 14.3. The molecule has 0 amide bonds. The Balaban J connectivity index is 1.64. The predicted octanol–water partition coefficient (Wildman–Crippen LogP) is 3.58. The average molecular weight is 437 g/mol. The fourth-order valence-electron chi connectivity index (χ4n) is 3.70. The van der Waals surface area contributed by atoms with E-state index in [0.717, 1.165) is 25.9 Å². The molecular weight excluding hydrogens is 412 g/mol. The first-order chi connectivity index (χ1) is 15.5. The van der Waals surface area contributed by atoms with Crippen LogP contribution in [0.15, 0.2) is 82.8 Å². The predicted molar refractivity (Wildman–Crippen MR) is 124 cm³/mol. The molecule has 7 nitrogen and oxygen atoms in total. The van der Waals surface area contributed by atoms with Crippen LogP contribution >= 0.6 is 0 Å². The minimum Gasteiger partial charge on any atom is -0.403 e. The second-order valence-electron chi connectivity index (χ2n) is 7.46. The lowest BCUT2D eigenvalue weighted by molar-refractivity contribution is 0.336. The van der Waals surface area contributed by atoms with Gasteiger partial charge in [-0.15, -0.1) is 0 Å². The van der Waals surface area contributed by atoms with E-state index in [1.165, 1.54) is 24.4 Å². The zero-order valence-electron chi connectivity index (χ0n) is 17.5. The molecule has 9 heteroatoms. The molecule has 2 aromatic rings. The second-order valence-corrected chi connectivity index (χ2v) is 7.46. The molecule has 0 bridgehead atoms. The molecule has 2 aliphatic rings. The van der Waals surface area contributed by atoms with Crippen molar-refractivity contribution in [2.24, 2.45) is 15.7 Å². The second kappa shape index (κ2) is 9.61. The van der Waals surface area contributed by atoms with Gasteiger partial charge in [0.15, 0.2) is 5.84 Å². The van der Waals surface area contributed by atoms with Crippen LogP contribution in [0.5, 0.6) is 0 Å². The van der Waals surface area contributed by atoms with Crippen LogP contribution in [0.3, 0.4) is 0 Å². The minimum atomic E-state index is -0.383. The summed E-state index contributed by atoms with van der Waals surface area (Å²) in [7, 11) is 0. The van der Waals surface area contributed by atoms with Gasteiger partial charge in [-0.05, 0) is 62.3 Å². The minimum absolute atomic E-state index is 0.0871. The molecule has 0 aromatic heterocycles. The van der Waals surface area contributed by atoms with E-state index in [9.17, 15) is 8.78 Å². The third-order valence-electron chi connectivity index (χ3n) is 5.24. The van der Waals surface area contributed by atoms with Gasteiger partial charge < -0.3 is 21.7 Å². The highest BCUT2D eigenvalue weighted by Crippen LogP contribution is 2.26. The normalized spacial score (nSPS) is 19.3. The third kappa shape index (κ3) is 4.78. The highest BCUT2D eigenvalue weighted by atomic mass is 19.1. The third-order valence-corrected chi connectivity index (χ3v) is 5.24. The van der Waals surface area contributed by atoms with Gasteiger partial charge in [0, 0.05) is 17.9 Å². The van der Waals surface area contributed by atoms with Crippen LogP contribution in [0.25, 0.3) is 0 Å². The van der Waals surface area contributed by atoms with Crippen molar-refractivity contribution in [3.8, 4) is 0 Å². The molecule has 166 valence electrons. The van der Waals surface area contributed by atoms with Crippen LogP contribution in [-0.4, -0.2) is 35.8 Å². The summed E-state index contributed by atoms with van der Waals surface area (Å²) >= 11 is 0. The van der Waals surface area contributed by atoms with Crippen molar-refractivity contribution in [2.75, 3.05) is 23.7 Å². The van der Waals surface area contributed by atoms with Crippen molar-refractivity contribution >= 4 is 23.2 Å². The Kier molecular flexibility index (Phi) is 6.46. The summed E-state index contributed by atoms with van der Waals surface area (Å²) in [6.45, 7) is 5.67. The standard InChI is InChI=1S/C23H25F2N7/c1-15(28-17-8-6-16(24)7-9-17)29-22-21(14-26)31-23(30-20-5-3-2-4-19(20)25)32(22)18-10-12-27-13-11-18/h2-9,14,18,27-28H,1,10-13,26H2,(H,30,31)/b21-14+,29-22+. The maximum atomic E-state index is 14.3. The first-order valence-electron chi connectivity index (χ1n) is 10.4. The molecule has 5 N–H and O–H groups in total. The fourth-order valence-corrected chi connectivity index (χ4v) is 3.70. The highest BCUT2D eigenvalue weighted by Gasteiger charge is 2.35. The molecular formula is C23H25F2N7. The molecule has 1 saturated heterocycles. The van der Waals surface area contributed by atoms with Gasteiger partial charge in [0.05, 0.1) is 5.69 Å². The van der Waals surface area contributed by atoms with Crippen molar-refractivity contribution in [1.29, 1.82) is 0 Å². The summed E-state index contributed by atoms with van der Waals surface area (Å²) in [5.74, 6) is 0.592. The topological polar surface area (TPSA) is 90.1 Å². The van der Waals surface area contributed by atoms with Gasteiger partial charge in [-0.3, -0.25) is 4.90 Å². The van der Waals surface area contributed by atoms with Gasteiger partial charge in [-0.2, -0.15) is 0 Å². The molecule has 0 unspecified atom stereocenters. The molecule has 2 aromatic carbocycles. The van der Waals surface area contributed by atoms with E-state index in [-0.39, 0.29) is 17.7 Å². The summed E-state index contributed by atoms with van der Waals surface area (Å²) in [4.78, 5) is 11.2. The number of anilines is 2. The zero-order valence-corrected chi connectivity index (χ0v) is 17.5. The van der Waals surface area contributed by atoms with E-state index in [0.29, 0.717) is 34.7 Å². The van der Waals surface area contributed by atoms with E-state index >= 15 is 0 Å². The lowest BCUT2D eigenvalue weighted by Crippen LogP contribution is -2.49. The number of para-hydroxylation sites is 1. The number of nitrogens with two attached hydrogens (primary N) is 1. The average Bonchev–Trinajstić information content (AvgIpc) is 3.14. The Morgan fingerprint density at radius 2 is 1.88 bits per heavy atom. The molecule has 1 fully saturated rings. The van der Waals surface area contributed by atoms with E-state index in [1.54, 1.807) is 30.3 Å². The first kappa shape index (κ1) is 21.5. The number of rotatable bonds is 5. The molecule has 0 spiro atoms. The molecule has 2 aliphatic heterocycles. The quantitative estimate of drug-likeness (QED) is 0.574. The van der Waals surface area contributed by atoms with Crippen LogP contribution in [0.4, 0.5) is 20.2 Å². The largest absolute Gasteiger partial charge is 0.403 e. The summed E-state index contributed by atoms with van der Waals surface area (Å²) in [6.07, 6.45) is 3.08. The monoisotopic (exact) mass is 437 g/mol. The van der Waals surface area contributed by atoms with Gasteiger partial charge >= 0.3 is 0 Å². The molecule has 4 rings (SSSR count). The van der Waals surface area contributed by atoms with Gasteiger partial charge in [0.25, 0.3) is 0 Å². The zero-order chi connectivity index (χ0) is 22.5. The number of aliphatic imine (C=N–C) groups is 2. The van der Waals surface area contributed by atoms with E-state index in [2.05, 4.69) is 32.5 Å². The summed E-state index contributed by atoms with van der Waals surface area (Å²) < 4.78 is 27.5. The van der Waals surface area contributed by atoms with Crippen molar-refractivity contribution in [2.45, 2.75) is 18.9 Å². The van der Waals surface area contributed by atoms with Crippen molar-refractivity contribution in [3.05, 3.63) is 84.5 Å². The SMILES string of the molecule is C=C(/N=C1\C(=C/N)N=C(Nc2ccccc2F)N1C1CCNCC1)Nc1ccc(F)cc1. The maximum Gasteiger partial charge on any atom is 0.210 e. The van der Waals surface area contributed by atoms with Crippen LogP contribution in [0.1, 0.15) is 12.8 Å². The van der Waals surface area contributed by atoms with Crippen molar-refractivity contribution in [1.82, 2.24) is 10.2 Å². The number of hydrogen-bond acceptors (Lipinski definition) is 6. The van der Waals surface area contributed by atoms with Crippen molar-refractivity contribution in [3.63, 3.8) is 0 Å². The molecule has 0 aliphatic carbocycles. The van der Waals surface area contributed by atoms with Gasteiger partial charge in [-0.25, -0.2) is 18.8 Å². The number of benzene rings is 2. The lowest BCUT2D eigenvalue weighted by Gasteiger charge is -2.34. The number of hydrogen-bond donors (Lipinski definition) is 4. The Morgan fingerprint density at radius 3 is 2.56 bits per heavy atom. The van der Waals surface area contributed by atoms with Gasteiger partial charge in [0.2, 0.25) is 5.96 Å². The van der Waals surface area contributed by atoms with E-state index in [4.69, 9.17) is 5.73 Å². The van der Waals surface area contributed by atoms with Crippen LogP contribution in [0, 0.1) is 11.6 Å². The lowest BCUT2D eigenvalue weighted by atomic mass is 10.0. The Morgan fingerprint density at radius 1 is 1.16 bits per heavy atom. The van der Waals surface area contributed by atoms with Crippen LogP contribution in [-0.2, 0) is 0 Å². The molecule has 0 radical (unpaired) electrons. The fraction of sp³-hybridized carbons (Fsp3) is 0.217. The Bertz CT molecular complexity index is 1070. The number of piperidine rings is 1. The van der Waals surface area contributed by atoms with Crippen LogP contribution in [0.2, 0.25) is 0 Å². The van der Waals surface area contributed by atoms with E-state index in [1.807, 2.05) is 4.90 Å². The van der Waals surface area contributed by atoms with Crippen LogP contribution < -0.4 is 21.7 Å². The first-order valence-corrected chi connectivity index (χ1v) is 10.4. The number of halogens is 2. The summed E-state index contributed by atoms with van der Waals surface area (Å²) in [5, 5.41) is 9.49. The van der Waals surface area contributed by atoms with Gasteiger partial charge in [-0.1, -0.05) is 18.7 Å². The molecule has 2 heterocycles.